The van der Waals surface area contributed by atoms with Gasteiger partial charge in [0.15, 0.2) is 0 Å². The number of nitrogens with two attached hydrogens (primary N) is 1. The highest BCUT2D eigenvalue weighted by molar-refractivity contribution is 5.85. The SMILES string of the molecule is CC(C)n1nccc1-c1cccc(CN)c1.Cl. The second-order valence-electron chi connectivity index (χ2n) is 4.16. The van der Waals surface area contributed by atoms with Crippen molar-refractivity contribution in [3.63, 3.8) is 0 Å². The average Bonchev–Trinajstić information content (AvgIpc) is 2.78. The topological polar surface area (TPSA) is 43.8 Å². The number of aromatic nitrogens is 2. The van der Waals surface area contributed by atoms with E-state index >= 15 is 0 Å². The molecule has 0 aliphatic rings. The first-order chi connectivity index (χ1) is 7.72. The normalized spacial score (nSPS) is 10.4. The van der Waals surface area contributed by atoms with E-state index in [9.17, 15) is 0 Å². The molecule has 0 amide bonds. The van der Waals surface area contributed by atoms with Crippen molar-refractivity contribution in [2.75, 3.05) is 0 Å². The minimum Gasteiger partial charge on any atom is -0.326 e. The van der Waals surface area contributed by atoms with E-state index in [1.807, 2.05) is 29.1 Å². The molecule has 1 heterocycles. The van der Waals surface area contributed by atoms with E-state index in [1.54, 1.807) is 0 Å². The van der Waals surface area contributed by atoms with Gasteiger partial charge in [-0.2, -0.15) is 5.10 Å². The van der Waals surface area contributed by atoms with Gasteiger partial charge >= 0.3 is 0 Å². The number of hydrogen-bond acceptors (Lipinski definition) is 2. The fourth-order valence-corrected chi connectivity index (χ4v) is 1.81. The van der Waals surface area contributed by atoms with Gasteiger partial charge in [0, 0.05) is 24.3 Å². The van der Waals surface area contributed by atoms with Gasteiger partial charge in [-0.05, 0) is 31.5 Å². The Bertz CT molecular complexity index is 477. The molecule has 4 heteroatoms. The molecule has 0 saturated heterocycles. The van der Waals surface area contributed by atoms with Gasteiger partial charge < -0.3 is 5.73 Å². The maximum atomic E-state index is 5.65. The van der Waals surface area contributed by atoms with Crippen molar-refractivity contribution in [3.8, 4) is 11.3 Å². The monoisotopic (exact) mass is 251 g/mol. The van der Waals surface area contributed by atoms with E-state index < -0.39 is 0 Å². The van der Waals surface area contributed by atoms with E-state index in [2.05, 4.69) is 31.1 Å². The Morgan fingerprint density at radius 2 is 2.06 bits per heavy atom. The molecule has 92 valence electrons. The summed E-state index contributed by atoms with van der Waals surface area (Å²) in [6.07, 6.45) is 1.84. The van der Waals surface area contributed by atoms with E-state index in [-0.39, 0.29) is 12.4 Å². The molecular formula is C13H18ClN3. The summed E-state index contributed by atoms with van der Waals surface area (Å²) in [5, 5.41) is 4.33. The lowest BCUT2D eigenvalue weighted by Gasteiger charge is -2.11. The maximum absolute atomic E-state index is 5.65. The molecule has 2 N–H and O–H groups in total. The Morgan fingerprint density at radius 3 is 2.71 bits per heavy atom. The lowest BCUT2D eigenvalue weighted by Crippen LogP contribution is -2.04. The zero-order valence-corrected chi connectivity index (χ0v) is 10.9. The Balaban J connectivity index is 0.00000144. The summed E-state index contributed by atoms with van der Waals surface area (Å²) in [6.45, 7) is 4.83. The molecule has 0 aliphatic carbocycles. The van der Waals surface area contributed by atoms with Gasteiger partial charge in [0.2, 0.25) is 0 Å². The number of benzene rings is 1. The van der Waals surface area contributed by atoms with Crippen molar-refractivity contribution < 1.29 is 0 Å². The lowest BCUT2D eigenvalue weighted by molar-refractivity contribution is 0.538. The van der Waals surface area contributed by atoms with E-state index in [0.717, 1.165) is 11.3 Å². The smallest absolute Gasteiger partial charge is 0.0685 e. The molecule has 17 heavy (non-hydrogen) atoms. The van der Waals surface area contributed by atoms with Crippen LogP contribution in [0.1, 0.15) is 25.5 Å². The van der Waals surface area contributed by atoms with Crippen LogP contribution >= 0.6 is 12.4 Å². The first kappa shape index (κ1) is 13.7. The quantitative estimate of drug-likeness (QED) is 0.911. The van der Waals surface area contributed by atoms with Crippen molar-refractivity contribution in [1.29, 1.82) is 0 Å². The number of hydrogen-bond donors (Lipinski definition) is 1. The second kappa shape index (κ2) is 5.84. The van der Waals surface area contributed by atoms with Gasteiger partial charge in [-0.3, -0.25) is 4.68 Å². The highest BCUT2D eigenvalue weighted by Gasteiger charge is 2.07. The molecule has 2 rings (SSSR count). The number of nitrogens with zero attached hydrogens (tertiary/aromatic N) is 2. The second-order valence-corrected chi connectivity index (χ2v) is 4.16. The largest absolute Gasteiger partial charge is 0.326 e. The zero-order chi connectivity index (χ0) is 11.5. The molecule has 1 aromatic carbocycles. The van der Waals surface area contributed by atoms with E-state index in [4.69, 9.17) is 5.73 Å². The van der Waals surface area contributed by atoms with Crippen molar-refractivity contribution in [1.82, 2.24) is 9.78 Å². The van der Waals surface area contributed by atoms with Crippen LogP contribution in [0.15, 0.2) is 36.5 Å². The van der Waals surface area contributed by atoms with Gasteiger partial charge in [0.25, 0.3) is 0 Å². The molecule has 0 radical (unpaired) electrons. The van der Waals surface area contributed by atoms with Crippen molar-refractivity contribution in [3.05, 3.63) is 42.1 Å². The molecule has 0 fully saturated rings. The Kier molecular flexibility index (Phi) is 4.73. The van der Waals surface area contributed by atoms with Crippen molar-refractivity contribution in [2.24, 2.45) is 5.73 Å². The van der Waals surface area contributed by atoms with Gasteiger partial charge in [-0.1, -0.05) is 18.2 Å². The van der Waals surface area contributed by atoms with Gasteiger partial charge in [0.05, 0.1) is 5.69 Å². The zero-order valence-electron chi connectivity index (χ0n) is 10.1. The third kappa shape index (κ3) is 2.87. The molecule has 0 bridgehead atoms. The third-order valence-electron chi connectivity index (χ3n) is 2.62. The molecule has 0 saturated carbocycles. The van der Waals surface area contributed by atoms with Crippen LogP contribution in [0.3, 0.4) is 0 Å². The van der Waals surface area contributed by atoms with Crippen LogP contribution in [0, 0.1) is 0 Å². The van der Waals surface area contributed by atoms with Crippen LogP contribution in [-0.2, 0) is 6.54 Å². The molecule has 1 aromatic heterocycles. The fourth-order valence-electron chi connectivity index (χ4n) is 1.81. The van der Waals surface area contributed by atoms with Gasteiger partial charge in [-0.25, -0.2) is 0 Å². The van der Waals surface area contributed by atoms with Crippen LogP contribution in [0.4, 0.5) is 0 Å². The lowest BCUT2D eigenvalue weighted by atomic mass is 10.1. The van der Waals surface area contributed by atoms with Crippen LogP contribution in [-0.4, -0.2) is 9.78 Å². The third-order valence-corrected chi connectivity index (χ3v) is 2.62. The molecular weight excluding hydrogens is 234 g/mol. The number of rotatable bonds is 3. The highest BCUT2D eigenvalue weighted by Crippen LogP contribution is 2.22. The molecule has 0 spiro atoms. The molecule has 0 aliphatic heterocycles. The predicted molar refractivity (Wildman–Crippen MR) is 73.2 cm³/mol. The maximum Gasteiger partial charge on any atom is 0.0685 e. The Morgan fingerprint density at radius 1 is 1.29 bits per heavy atom. The summed E-state index contributed by atoms with van der Waals surface area (Å²) in [7, 11) is 0. The summed E-state index contributed by atoms with van der Waals surface area (Å²) in [5.41, 5.74) is 9.11. The van der Waals surface area contributed by atoms with Crippen LogP contribution < -0.4 is 5.73 Å². The summed E-state index contributed by atoms with van der Waals surface area (Å²) in [6, 6.07) is 10.7. The van der Waals surface area contributed by atoms with Crippen LogP contribution in [0.25, 0.3) is 11.3 Å². The average molecular weight is 252 g/mol. The van der Waals surface area contributed by atoms with Gasteiger partial charge in [0.1, 0.15) is 0 Å². The summed E-state index contributed by atoms with van der Waals surface area (Å²) in [4.78, 5) is 0. The standard InChI is InChI=1S/C13H17N3.ClH/c1-10(2)16-13(6-7-15-16)12-5-3-4-11(8-12)9-14;/h3-8,10H,9,14H2,1-2H3;1H. The van der Waals surface area contributed by atoms with Crippen molar-refractivity contribution >= 4 is 12.4 Å². The summed E-state index contributed by atoms with van der Waals surface area (Å²) in [5.74, 6) is 0. The van der Waals surface area contributed by atoms with E-state index in [0.29, 0.717) is 12.6 Å². The van der Waals surface area contributed by atoms with Crippen LogP contribution in [0.5, 0.6) is 0 Å². The molecule has 2 aromatic rings. The minimum absolute atomic E-state index is 0. The minimum atomic E-state index is 0. The molecule has 0 unspecified atom stereocenters. The summed E-state index contributed by atoms with van der Waals surface area (Å²) >= 11 is 0. The first-order valence-electron chi connectivity index (χ1n) is 5.55. The Labute approximate surface area is 108 Å². The van der Waals surface area contributed by atoms with Crippen LogP contribution in [0.2, 0.25) is 0 Å². The molecule has 3 nitrogen and oxygen atoms in total. The highest BCUT2D eigenvalue weighted by atomic mass is 35.5. The Hall–Kier alpha value is -1.32. The number of halogens is 1. The van der Waals surface area contributed by atoms with E-state index in [1.165, 1.54) is 5.56 Å². The first-order valence-corrected chi connectivity index (χ1v) is 5.55. The molecule has 0 atom stereocenters. The summed E-state index contributed by atoms with van der Waals surface area (Å²) < 4.78 is 2.02. The van der Waals surface area contributed by atoms with Gasteiger partial charge in [-0.15, -0.1) is 12.4 Å². The van der Waals surface area contributed by atoms with Crippen molar-refractivity contribution in [2.45, 2.75) is 26.4 Å². The fraction of sp³-hybridized carbons (Fsp3) is 0.308. The predicted octanol–water partition coefficient (Wildman–Crippen LogP) is 3.01.